The Balaban J connectivity index is 2.16. The van der Waals surface area contributed by atoms with Crippen LogP contribution in [-0.4, -0.2) is 39.0 Å². The number of hydrogen-bond donors (Lipinski definition) is 1. The fraction of sp³-hybridized carbons (Fsp3) is 0.176. The molecule has 0 spiro atoms. The van der Waals surface area contributed by atoms with Crippen molar-refractivity contribution in [1.29, 1.82) is 0 Å². The zero-order valence-corrected chi connectivity index (χ0v) is 15.1. The monoisotopic (exact) mass is 393 g/mol. The molecule has 1 aromatic carbocycles. The van der Waals surface area contributed by atoms with Gasteiger partial charge in [0.1, 0.15) is 0 Å². The van der Waals surface area contributed by atoms with Gasteiger partial charge in [-0.3, -0.25) is 9.78 Å². The predicted octanol–water partition coefficient (Wildman–Crippen LogP) is 4.04. The van der Waals surface area contributed by atoms with E-state index in [0.29, 0.717) is 39.2 Å². The highest BCUT2D eigenvalue weighted by Gasteiger charge is 2.15. The van der Waals surface area contributed by atoms with Gasteiger partial charge in [0.15, 0.2) is 0 Å². The van der Waals surface area contributed by atoms with Gasteiger partial charge in [0.25, 0.3) is 0 Å². The molecular weight excluding hydrogens is 381 g/mol. The molecule has 134 valence electrons. The van der Waals surface area contributed by atoms with Crippen LogP contribution in [0.3, 0.4) is 0 Å². The molecule has 9 heteroatoms. The topological polar surface area (TPSA) is 94.3 Å². The zero-order valence-electron chi connectivity index (χ0n) is 13.6. The second kappa shape index (κ2) is 7.31. The second-order valence-electron chi connectivity index (χ2n) is 5.45. The van der Waals surface area contributed by atoms with Crippen molar-refractivity contribution >= 4 is 46.2 Å². The number of carbonyl (C=O) groups excluding carboxylic acids is 1. The van der Waals surface area contributed by atoms with Gasteiger partial charge in [0.05, 0.1) is 35.3 Å². The Hall–Kier alpha value is -2.64. The summed E-state index contributed by atoms with van der Waals surface area (Å²) < 4.78 is 5.47. The normalized spacial score (nSPS) is 10.9. The minimum atomic E-state index is -1.19. The summed E-state index contributed by atoms with van der Waals surface area (Å²) >= 11 is 12.4. The van der Waals surface area contributed by atoms with Crippen molar-refractivity contribution in [3.8, 4) is 11.1 Å². The quantitative estimate of drug-likeness (QED) is 0.672. The van der Waals surface area contributed by atoms with Crippen LogP contribution in [0, 0.1) is 0 Å². The standard InChI is InChI=1S/C17H13Cl2N3O4/c1-26-14(23)5-2-10-6-12(9-7-20-22(8-9)17(24)25)11-3-4-13(18)15(19)16(11)21-10/h3-4,6-8H,2,5H2,1H3,(H,24,25). The number of carboxylic acid groups (broad SMARTS) is 1. The summed E-state index contributed by atoms with van der Waals surface area (Å²) in [4.78, 5) is 27.0. The van der Waals surface area contributed by atoms with Crippen LogP contribution >= 0.6 is 23.2 Å². The molecule has 26 heavy (non-hydrogen) atoms. The van der Waals surface area contributed by atoms with Crippen molar-refractivity contribution in [2.45, 2.75) is 12.8 Å². The Kier molecular flexibility index (Phi) is 5.11. The first-order valence-corrected chi connectivity index (χ1v) is 8.29. The maximum absolute atomic E-state index is 11.4. The molecule has 0 aliphatic rings. The van der Waals surface area contributed by atoms with Crippen molar-refractivity contribution < 1.29 is 19.4 Å². The van der Waals surface area contributed by atoms with Gasteiger partial charge in [-0.2, -0.15) is 9.78 Å². The minimum Gasteiger partial charge on any atom is -0.469 e. The van der Waals surface area contributed by atoms with E-state index in [-0.39, 0.29) is 17.4 Å². The highest BCUT2D eigenvalue weighted by molar-refractivity contribution is 6.45. The van der Waals surface area contributed by atoms with E-state index in [4.69, 9.17) is 28.3 Å². The van der Waals surface area contributed by atoms with E-state index in [1.807, 2.05) is 0 Å². The lowest BCUT2D eigenvalue weighted by atomic mass is 10.0. The van der Waals surface area contributed by atoms with Gasteiger partial charge in [-0.15, -0.1) is 0 Å². The number of esters is 1. The molecule has 0 bridgehead atoms. The van der Waals surface area contributed by atoms with E-state index >= 15 is 0 Å². The van der Waals surface area contributed by atoms with Crippen LogP contribution in [-0.2, 0) is 16.0 Å². The number of pyridine rings is 1. The number of aryl methyl sites for hydroxylation is 1. The molecule has 3 rings (SSSR count). The van der Waals surface area contributed by atoms with E-state index in [9.17, 15) is 9.59 Å². The van der Waals surface area contributed by atoms with Crippen LogP contribution in [0.15, 0.2) is 30.6 Å². The van der Waals surface area contributed by atoms with Crippen molar-refractivity contribution in [3.63, 3.8) is 0 Å². The molecule has 3 aromatic rings. The highest BCUT2D eigenvalue weighted by Crippen LogP contribution is 2.35. The summed E-state index contributed by atoms with van der Waals surface area (Å²) in [6.45, 7) is 0. The van der Waals surface area contributed by atoms with Crippen LogP contribution in [0.2, 0.25) is 10.0 Å². The van der Waals surface area contributed by atoms with Crippen LogP contribution < -0.4 is 0 Å². The van der Waals surface area contributed by atoms with E-state index in [1.165, 1.54) is 19.5 Å². The molecule has 0 atom stereocenters. The van der Waals surface area contributed by atoms with E-state index in [0.717, 1.165) is 4.68 Å². The van der Waals surface area contributed by atoms with E-state index in [1.54, 1.807) is 18.2 Å². The van der Waals surface area contributed by atoms with Gasteiger partial charge >= 0.3 is 12.1 Å². The predicted molar refractivity (Wildman–Crippen MR) is 96.7 cm³/mol. The Bertz CT molecular complexity index is 1020. The molecule has 2 heterocycles. The van der Waals surface area contributed by atoms with Crippen molar-refractivity contribution in [2.75, 3.05) is 7.11 Å². The van der Waals surface area contributed by atoms with Gasteiger partial charge in [0.2, 0.25) is 0 Å². The molecule has 0 aliphatic carbocycles. The number of fused-ring (bicyclic) bond motifs is 1. The summed E-state index contributed by atoms with van der Waals surface area (Å²) in [5.41, 5.74) is 2.35. The molecule has 0 aliphatic heterocycles. The number of aromatic nitrogens is 3. The van der Waals surface area contributed by atoms with Gasteiger partial charge < -0.3 is 9.84 Å². The van der Waals surface area contributed by atoms with Gasteiger partial charge in [-0.05, 0) is 17.7 Å². The number of rotatable bonds is 4. The Morgan fingerprint density at radius 2 is 2.08 bits per heavy atom. The molecule has 0 unspecified atom stereocenters. The number of hydrogen-bond acceptors (Lipinski definition) is 5. The number of ether oxygens (including phenoxy) is 1. The number of methoxy groups -OCH3 is 1. The fourth-order valence-electron chi connectivity index (χ4n) is 2.55. The number of nitrogens with zero attached hydrogens (tertiary/aromatic N) is 3. The molecule has 0 fully saturated rings. The lowest BCUT2D eigenvalue weighted by Crippen LogP contribution is -2.07. The SMILES string of the molecule is COC(=O)CCc1cc(-c2cnn(C(=O)O)c2)c2ccc(Cl)c(Cl)c2n1. The number of benzene rings is 1. The highest BCUT2D eigenvalue weighted by atomic mass is 35.5. The van der Waals surface area contributed by atoms with Crippen LogP contribution in [0.5, 0.6) is 0 Å². The number of halogens is 2. The first kappa shape index (κ1) is 18.2. The third kappa shape index (κ3) is 3.49. The summed E-state index contributed by atoms with van der Waals surface area (Å²) in [6, 6.07) is 5.18. The Labute approximate surface area is 158 Å². The molecule has 0 amide bonds. The second-order valence-corrected chi connectivity index (χ2v) is 6.24. The molecule has 0 radical (unpaired) electrons. The molecule has 2 aromatic heterocycles. The average molecular weight is 394 g/mol. The van der Waals surface area contributed by atoms with Crippen molar-refractivity contribution in [2.24, 2.45) is 0 Å². The van der Waals surface area contributed by atoms with Crippen molar-refractivity contribution in [1.82, 2.24) is 14.8 Å². The van der Waals surface area contributed by atoms with Gasteiger partial charge in [-0.1, -0.05) is 29.3 Å². The average Bonchev–Trinajstić information content (AvgIpc) is 3.12. The molecule has 1 N–H and O–H groups in total. The lowest BCUT2D eigenvalue weighted by Gasteiger charge is -2.10. The molecule has 7 nitrogen and oxygen atoms in total. The van der Waals surface area contributed by atoms with E-state index in [2.05, 4.69) is 14.8 Å². The summed E-state index contributed by atoms with van der Waals surface area (Å²) in [5, 5.41) is 14.2. The van der Waals surface area contributed by atoms with Crippen molar-refractivity contribution in [3.05, 3.63) is 46.3 Å². The maximum Gasteiger partial charge on any atom is 0.432 e. The van der Waals surface area contributed by atoms with Crippen LogP contribution in [0.1, 0.15) is 12.1 Å². The first-order chi connectivity index (χ1) is 12.4. The zero-order chi connectivity index (χ0) is 18.8. The molecule has 0 saturated carbocycles. The third-order valence-electron chi connectivity index (χ3n) is 3.83. The lowest BCUT2D eigenvalue weighted by molar-refractivity contribution is -0.140. The summed E-state index contributed by atoms with van der Waals surface area (Å²) in [6.07, 6.45) is 2.13. The Morgan fingerprint density at radius 1 is 1.31 bits per heavy atom. The van der Waals surface area contributed by atoms with Crippen LogP contribution in [0.4, 0.5) is 4.79 Å². The third-order valence-corrected chi connectivity index (χ3v) is 4.62. The number of carbonyl (C=O) groups is 2. The van der Waals surface area contributed by atoms with E-state index < -0.39 is 6.09 Å². The smallest absolute Gasteiger partial charge is 0.432 e. The van der Waals surface area contributed by atoms with Gasteiger partial charge in [0, 0.05) is 29.3 Å². The summed E-state index contributed by atoms with van der Waals surface area (Å²) in [5.74, 6) is -0.357. The largest absolute Gasteiger partial charge is 0.469 e. The first-order valence-electron chi connectivity index (χ1n) is 7.53. The molecule has 0 saturated heterocycles. The maximum atomic E-state index is 11.4. The minimum absolute atomic E-state index is 0.154. The van der Waals surface area contributed by atoms with Crippen LogP contribution in [0.25, 0.3) is 22.0 Å². The molecular formula is C17H13Cl2N3O4. The fourth-order valence-corrected chi connectivity index (χ4v) is 2.91. The van der Waals surface area contributed by atoms with Gasteiger partial charge in [-0.25, -0.2) is 4.79 Å². The summed E-state index contributed by atoms with van der Waals surface area (Å²) in [7, 11) is 1.32. The Morgan fingerprint density at radius 3 is 2.73 bits per heavy atom.